The van der Waals surface area contributed by atoms with E-state index in [1.807, 2.05) is 18.2 Å². The summed E-state index contributed by atoms with van der Waals surface area (Å²) in [6, 6.07) is 13.2. The zero-order valence-corrected chi connectivity index (χ0v) is 14.2. The molecule has 0 fully saturated rings. The molecule has 0 atom stereocenters. The van der Waals surface area contributed by atoms with E-state index in [1.165, 1.54) is 23.9 Å². The molecular weight excluding hydrogens is 354 g/mol. The molecule has 0 aliphatic carbocycles. The Morgan fingerprint density at radius 3 is 2.54 bits per heavy atom. The van der Waals surface area contributed by atoms with Gasteiger partial charge in [0.05, 0.1) is 16.4 Å². The van der Waals surface area contributed by atoms with Gasteiger partial charge in [0.25, 0.3) is 5.69 Å². The number of hydrogen-bond acceptors (Lipinski definition) is 7. The van der Waals surface area contributed by atoms with Crippen molar-refractivity contribution in [2.75, 3.05) is 11.1 Å². The van der Waals surface area contributed by atoms with Crippen LogP contribution in [0.1, 0.15) is 0 Å². The third-order valence-electron chi connectivity index (χ3n) is 3.34. The Bertz CT molecular complexity index is 919. The predicted octanol–water partition coefficient (Wildman–Crippen LogP) is 3.18. The average Bonchev–Trinajstić information content (AvgIpc) is 2.68. The molecule has 130 valence electrons. The van der Waals surface area contributed by atoms with Crippen LogP contribution in [0, 0.1) is 10.1 Å². The van der Waals surface area contributed by atoms with Gasteiger partial charge < -0.3 is 5.32 Å². The lowest BCUT2D eigenvalue weighted by molar-refractivity contribution is -0.383. The number of anilines is 1. The number of thioether (sulfide) groups is 1. The molecule has 8 nitrogen and oxygen atoms in total. The molecule has 0 saturated heterocycles. The minimum absolute atomic E-state index is 0.0648. The lowest BCUT2D eigenvalue weighted by atomic mass is 10.2. The molecule has 1 N–H and O–H groups in total. The first kappa shape index (κ1) is 17.5. The van der Waals surface area contributed by atoms with Crippen LogP contribution in [-0.4, -0.2) is 31.8 Å². The Labute approximate surface area is 152 Å². The van der Waals surface area contributed by atoms with Gasteiger partial charge in [0.1, 0.15) is 10.7 Å². The van der Waals surface area contributed by atoms with E-state index in [2.05, 4.69) is 20.5 Å². The average molecular weight is 367 g/mol. The van der Waals surface area contributed by atoms with Crippen LogP contribution in [-0.2, 0) is 4.79 Å². The number of nitro benzene ring substituents is 1. The minimum atomic E-state index is -0.536. The van der Waals surface area contributed by atoms with Crippen molar-refractivity contribution in [3.63, 3.8) is 0 Å². The summed E-state index contributed by atoms with van der Waals surface area (Å²) < 4.78 is 0. The molecule has 2 aromatic heterocycles. The molecule has 1 aromatic carbocycles. The number of amides is 1. The lowest BCUT2D eigenvalue weighted by Gasteiger charge is -2.05. The summed E-state index contributed by atoms with van der Waals surface area (Å²) in [6.45, 7) is 0. The number of carbonyl (C=O) groups is 1. The maximum absolute atomic E-state index is 12.0. The SMILES string of the molecule is O=C(CSc1ccc(-c2ccncc2)nn1)Nc1ccccc1[N+](=O)[O-]. The molecule has 0 bridgehead atoms. The van der Waals surface area contributed by atoms with Crippen molar-refractivity contribution in [2.45, 2.75) is 5.03 Å². The summed E-state index contributed by atoms with van der Waals surface area (Å²) in [4.78, 5) is 26.4. The minimum Gasteiger partial charge on any atom is -0.320 e. The van der Waals surface area contributed by atoms with Gasteiger partial charge in [-0.25, -0.2) is 0 Å². The van der Waals surface area contributed by atoms with Gasteiger partial charge >= 0.3 is 0 Å². The van der Waals surface area contributed by atoms with Crippen LogP contribution in [0.25, 0.3) is 11.3 Å². The van der Waals surface area contributed by atoms with Crippen LogP contribution in [0.2, 0.25) is 0 Å². The Kier molecular flexibility index (Phi) is 5.49. The van der Waals surface area contributed by atoms with E-state index in [1.54, 1.807) is 30.6 Å². The second-order valence-electron chi connectivity index (χ2n) is 5.10. The summed E-state index contributed by atoms with van der Waals surface area (Å²) in [7, 11) is 0. The number of nitrogens with zero attached hydrogens (tertiary/aromatic N) is 4. The fraction of sp³-hybridized carbons (Fsp3) is 0.0588. The Morgan fingerprint density at radius 1 is 1.08 bits per heavy atom. The molecule has 1 amide bonds. The fourth-order valence-electron chi connectivity index (χ4n) is 2.14. The van der Waals surface area contributed by atoms with Gasteiger partial charge in [-0.05, 0) is 30.3 Å². The molecule has 0 unspecified atom stereocenters. The Hall–Kier alpha value is -3.33. The molecule has 0 aliphatic heterocycles. The van der Waals surface area contributed by atoms with Crippen molar-refractivity contribution in [2.24, 2.45) is 0 Å². The first-order valence-electron chi connectivity index (χ1n) is 7.53. The number of rotatable bonds is 6. The number of aromatic nitrogens is 3. The van der Waals surface area contributed by atoms with E-state index in [0.717, 1.165) is 5.56 Å². The highest BCUT2D eigenvalue weighted by molar-refractivity contribution is 7.99. The maximum Gasteiger partial charge on any atom is 0.292 e. The number of pyridine rings is 1. The van der Waals surface area contributed by atoms with Crippen molar-refractivity contribution in [1.29, 1.82) is 0 Å². The molecule has 0 radical (unpaired) electrons. The second-order valence-corrected chi connectivity index (χ2v) is 6.10. The largest absolute Gasteiger partial charge is 0.320 e. The lowest BCUT2D eigenvalue weighted by Crippen LogP contribution is -2.15. The van der Waals surface area contributed by atoms with Crippen molar-refractivity contribution >= 4 is 29.0 Å². The maximum atomic E-state index is 12.0. The highest BCUT2D eigenvalue weighted by Crippen LogP contribution is 2.24. The summed E-state index contributed by atoms with van der Waals surface area (Å²) in [5.41, 5.74) is 1.63. The predicted molar refractivity (Wildman–Crippen MR) is 97.7 cm³/mol. The van der Waals surface area contributed by atoms with Crippen LogP contribution in [0.4, 0.5) is 11.4 Å². The normalized spacial score (nSPS) is 10.3. The highest BCUT2D eigenvalue weighted by atomic mass is 32.2. The summed E-state index contributed by atoms with van der Waals surface area (Å²) in [5.74, 6) is -0.292. The molecule has 0 aliphatic rings. The number of carbonyl (C=O) groups excluding carboxylic acids is 1. The van der Waals surface area contributed by atoms with E-state index in [-0.39, 0.29) is 23.0 Å². The van der Waals surface area contributed by atoms with Crippen LogP contribution < -0.4 is 5.32 Å². The fourth-order valence-corrected chi connectivity index (χ4v) is 2.75. The van der Waals surface area contributed by atoms with Crippen LogP contribution in [0.15, 0.2) is 66.0 Å². The van der Waals surface area contributed by atoms with Gasteiger partial charge in [-0.1, -0.05) is 23.9 Å². The number of benzene rings is 1. The number of para-hydroxylation sites is 2. The van der Waals surface area contributed by atoms with Crippen molar-refractivity contribution in [1.82, 2.24) is 15.2 Å². The molecule has 0 saturated carbocycles. The monoisotopic (exact) mass is 367 g/mol. The van der Waals surface area contributed by atoms with E-state index >= 15 is 0 Å². The molecule has 9 heteroatoms. The summed E-state index contributed by atoms with van der Waals surface area (Å²) in [6.07, 6.45) is 3.35. The quantitative estimate of drug-likeness (QED) is 0.404. The first-order valence-corrected chi connectivity index (χ1v) is 8.52. The van der Waals surface area contributed by atoms with E-state index < -0.39 is 4.92 Å². The third kappa shape index (κ3) is 4.39. The van der Waals surface area contributed by atoms with Crippen LogP contribution >= 0.6 is 11.8 Å². The molecule has 0 spiro atoms. The number of nitro groups is 1. The zero-order valence-electron chi connectivity index (χ0n) is 13.4. The van der Waals surface area contributed by atoms with E-state index in [4.69, 9.17) is 0 Å². The van der Waals surface area contributed by atoms with E-state index in [0.29, 0.717) is 10.7 Å². The third-order valence-corrected chi connectivity index (χ3v) is 4.26. The van der Waals surface area contributed by atoms with Crippen molar-refractivity contribution < 1.29 is 9.72 Å². The second kappa shape index (κ2) is 8.17. The Morgan fingerprint density at radius 2 is 1.85 bits per heavy atom. The number of nitrogens with one attached hydrogen (secondary N) is 1. The van der Waals surface area contributed by atoms with Gasteiger partial charge in [0, 0.05) is 24.0 Å². The van der Waals surface area contributed by atoms with Gasteiger partial charge in [0.15, 0.2) is 0 Å². The van der Waals surface area contributed by atoms with Crippen molar-refractivity contribution in [3.8, 4) is 11.3 Å². The van der Waals surface area contributed by atoms with Gasteiger partial charge in [-0.3, -0.25) is 19.9 Å². The van der Waals surface area contributed by atoms with Crippen molar-refractivity contribution in [3.05, 3.63) is 71.0 Å². The molecule has 3 aromatic rings. The Balaban J connectivity index is 1.59. The first-order chi connectivity index (χ1) is 12.6. The molecule has 2 heterocycles. The molecular formula is C17H13N5O3S. The molecule has 3 rings (SSSR count). The zero-order chi connectivity index (χ0) is 18.4. The highest BCUT2D eigenvalue weighted by Gasteiger charge is 2.15. The van der Waals surface area contributed by atoms with Crippen LogP contribution in [0.3, 0.4) is 0 Å². The molecule has 26 heavy (non-hydrogen) atoms. The van der Waals surface area contributed by atoms with Crippen LogP contribution in [0.5, 0.6) is 0 Å². The summed E-state index contributed by atoms with van der Waals surface area (Å²) in [5, 5.41) is 22.3. The summed E-state index contributed by atoms with van der Waals surface area (Å²) >= 11 is 1.20. The standard InChI is InChI=1S/C17H13N5O3S/c23-16(19-14-3-1-2-4-15(14)22(24)25)11-26-17-6-5-13(20-21-17)12-7-9-18-10-8-12/h1-10H,11H2,(H,19,23). The topological polar surface area (TPSA) is 111 Å². The smallest absolute Gasteiger partial charge is 0.292 e. The van der Waals surface area contributed by atoms with Gasteiger partial charge in [0.2, 0.25) is 5.91 Å². The number of hydrogen-bond donors (Lipinski definition) is 1. The van der Waals surface area contributed by atoms with Gasteiger partial charge in [-0.2, -0.15) is 0 Å². The van der Waals surface area contributed by atoms with Gasteiger partial charge in [-0.15, -0.1) is 10.2 Å². The van der Waals surface area contributed by atoms with E-state index in [9.17, 15) is 14.9 Å².